The smallest absolute Gasteiger partial charge is 0.118 e. The predicted molar refractivity (Wildman–Crippen MR) is 80.6 cm³/mol. The summed E-state index contributed by atoms with van der Waals surface area (Å²) in [4.78, 5) is 4.50. The molecule has 0 amide bonds. The number of ether oxygens (including phenoxy) is 1. The highest BCUT2D eigenvalue weighted by Crippen LogP contribution is 2.16. The second-order valence-electron chi connectivity index (χ2n) is 5.30. The number of nitrogens with zero attached hydrogens (tertiary/aromatic N) is 2. The maximum atomic E-state index is 6.23. The van der Waals surface area contributed by atoms with Crippen LogP contribution in [-0.2, 0) is 0 Å². The summed E-state index contributed by atoms with van der Waals surface area (Å²) in [6.45, 7) is 3.06. The van der Waals surface area contributed by atoms with E-state index in [1.165, 1.54) is 6.42 Å². The number of hydrogen-bond donors (Lipinski definition) is 1. The molecule has 0 heterocycles. The molecule has 2 N–H and O–H groups in total. The summed E-state index contributed by atoms with van der Waals surface area (Å²) >= 11 is 0. The Balaban J connectivity index is 2.38. The van der Waals surface area contributed by atoms with Gasteiger partial charge in [0, 0.05) is 12.6 Å². The van der Waals surface area contributed by atoms with E-state index in [-0.39, 0.29) is 6.04 Å². The van der Waals surface area contributed by atoms with Crippen molar-refractivity contribution in [2.75, 3.05) is 47.9 Å². The van der Waals surface area contributed by atoms with E-state index in [9.17, 15) is 0 Å². The average Bonchev–Trinajstić information content (AvgIpc) is 2.38. The van der Waals surface area contributed by atoms with Gasteiger partial charge in [-0.15, -0.1) is 0 Å². The van der Waals surface area contributed by atoms with E-state index in [1.807, 2.05) is 24.3 Å². The Morgan fingerprint density at radius 2 is 1.74 bits per heavy atom. The lowest BCUT2D eigenvalue weighted by molar-refractivity contribution is 0.286. The summed E-state index contributed by atoms with van der Waals surface area (Å²) in [5.74, 6) is 0.871. The van der Waals surface area contributed by atoms with Crippen LogP contribution < -0.4 is 10.5 Å². The van der Waals surface area contributed by atoms with E-state index >= 15 is 0 Å². The van der Waals surface area contributed by atoms with Crippen LogP contribution in [0.4, 0.5) is 0 Å². The molecule has 1 atom stereocenters. The maximum Gasteiger partial charge on any atom is 0.118 e. The van der Waals surface area contributed by atoms with E-state index in [0.29, 0.717) is 0 Å². The van der Waals surface area contributed by atoms with Gasteiger partial charge in [0.25, 0.3) is 0 Å². The molecule has 0 saturated heterocycles. The molecule has 0 aromatic heterocycles. The van der Waals surface area contributed by atoms with Crippen LogP contribution in [0.3, 0.4) is 0 Å². The van der Waals surface area contributed by atoms with Crippen molar-refractivity contribution in [3.63, 3.8) is 0 Å². The molecule has 0 fully saturated rings. The number of methoxy groups -OCH3 is 1. The minimum absolute atomic E-state index is 0.0512. The molecule has 1 unspecified atom stereocenters. The molecule has 0 radical (unpaired) electrons. The van der Waals surface area contributed by atoms with Crippen LogP contribution in [0.2, 0.25) is 0 Å². The Kier molecular flexibility index (Phi) is 6.84. The predicted octanol–water partition coefficient (Wildman–Crippen LogP) is 1.58. The summed E-state index contributed by atoms with van der Waals surface area (Å²) < 4.78 is 5.15. The van der Waals surface area contributed by atoms with E-state index < -0.39 is 0 Å². The van der Waals surface area contributed by atoms with Crippen LogP contribution in [-0.4, -0.2) is 57.7 Å². The summed E-state index contributed by atoms with van der Waals surface area (Å²) in [7, 11) is 8.00. The summed E-state index contributed by atoms with van der Waals surface area (Å²) in [6, 6.07) is 8.05. The van der Waals surface area contributed by atoms with Crippen molar-refractivity contribution in [3.05, 3.63) is 29.8 Å². The number of benzene rings is 1. The molecule has 0 spiro atoms. The monoisotopic (exact) mass is 265 g/mol. The third-order valence-corrected chi connectivity index (χ3v) is 3.20. The molecule has 108 valence electrons. The SMILES string of the molecule is COc1ccc(C(N)CN(C)CCCN(C)C)cc1. The number of likely N-dealkylation sites (N-methyl/N-ethyl adjacent to an activating group) is 1. The van der Waals surface area contributed by atoms with Crippen LogP contribution in [0.1, 0.15) is 18.0 Å². The van der Waals surface area contributed by atoms with Gasteiger partial charge in [-0.3, -0.25) is 0 Å². The third kappa shape index (κ3) is 6.05. The largest absolute Gasteiger partial charge is 0.497 e. The lowest BCUT2D eigenvalue weighted by Crippen LogP contribution is -2.31. The Bertz CT molecular complexity index is 351. The molecule has 1 aromatic rings. The third-order valence-electron chi connectivity index (χ3n) is 3.20. The first kappa shape index (κ1) is 16.0. The number of rotatable bonds is 8. The number of hydrogen-bond acceptors (Lipinski definition) is 4. The van der Waals surface area contributed by atoms with Crippen molar-refractivity contribution in [3.8, 4) is 5.75 Å². The second kappa shape index (κ2) is 8.15. The Morgan fingerprint density at radius 3 is 2.26 bits per heavy atom. The van der Waals surface area contributed by atoms with Crippen molar-refractivity contribution in [1.82, 2.24) is 9.80 Å². The fourth-order valence-corrected chi connectivity index (χ4v) is 2.04. The molecule has 0 aliphatic carbocycles. The van der Waals surface area contributed by atoms with Crippen LogP contribution in [0.25, 0.3) is 0 Å². The van der Waals surface area contributed by atoms with Gasteiger partial charge in [0.05, 0.1) is 7.11 Å². The molecule has 4 nitrogen and oxygen atoms in total. The molecule has 0 saturated carbocycles. The zero-order chi connectivity index (χ0) is 14.3. The number of nitrogens with two attached hydrogens (primary N) is 1. The molecule has 0 aliphatic rings. The van der Waals surface area contributed by atoms with Crippen molar-refractivity contribution < 1.29 is 4.74 Å². The highest BCUT2D eigenvalue weighted by atomic mass is 16.5. The van der Waals surface area contributed by atoms with E-state index in [4.69, 9.17) is 10.5 Å². The van der Waals surface area contributed by atoms with Crippen molar-refractivity contribution >= 4 is 0 Å². The highest BCUT2D eigenvalue weighted by Gasteiger charge is 2.09. The van der Waals surface area contributed by atoms with Gasteiger partial charge >= 0.3 is 0 Å². The Hall–Kier alpha value is -1.10. The Labute approximate surface area is 117 Å². The lowest BCUT2D eigenvalue weighted by Gasteiger charge is -2.22. The first-order valence-corrected chi connectivity index (χ1v) is 6.75. The van der Waals surface area contributed by atoms with Gasteiger partial charge in [0.1, 0.15) is 5.75 Å². The molecule has 4 heteroatoms. The van der Waals surface area contributed by atoms with Crippen molar-refractivity contribution in [2.24, 2.45) is 5.73 Å². The van der Waals surface area contributed by atoms with Gasteiger partial charge in [0.2, 0.25) is 0 Å². The molecular weight excluding hydrogens is 238 g/mol. The normalized spacial score (nSPS) is 13.0. The molecule has 1 rings (SSSR count). The van der Waals surface area contributed by atoms with Crippen molar-refractivity contribution in [1.29, 1.82) is 0 Å². The van der Waals surface area contributed by atoms with Crippen molar-refractivity contribution in [2.45, 2.75) is 12.5 Å². The lowest BCUT2D eigenvalue weighted by atomic mass is 10.1. The minimum Gasteiger partial charge on any atom is -0.497 e. The zero-order valence-corrected chi connectivity index (χ0v) is 12.6. The van der Waals surface area contributed by atoms with Gasteiger partial charge in [-0.25, -0.2) is 0 Å². The van der Waals surface area contributed by atoms with E-state index in [0.717, 1.165) is 30.9 Å². The summed E-state index contributed by atoms with van der Waals surface area (Å²) in [6.07, 6.45) is 1.17. The van der Waals surface area contributed by atoms with Gasteiger partial charge in [-0.1, -0.05) is 12.1 Å². The molecule has 1 aromatic carbocycles. The quantitative estimate of drug-likeness (QED) is 0.775. The summed E-state index contributed by atoms with van der Waals surface area (Å²) in [5.41, 5.74) is 7.38. The van der Waals surface area contributed by atoms with Gasteiger partial charge in [-0.05, 0) is 58.3 Å². The fraction of sp³-hybridized carbons (Fsp3) is 0.600. The van der Waals surface area contributed by atoms with Gasteiger partial charge < -0.3 is 20.3 Å². The average molecular weight is 265 g/mol. The van der Waals surface area contributed by atoms with Gasteiger partial charge in [-0.2, -0.15) is 0 Å². The zero-order valence-electron chi connectivity index (χ0n) is 12.6. The minimum atomic E-state index is 0.0512. The standard InChI is InChI=1S/C15H27N3O/c1-17(2)10-5-11-18(3)12-15(16)13-6-8-14(19-4)9-7-13/h6-9,15H,5,10-12,16H2,1-4H3. The van der Waals surface area contributed by atoms with Gasteiger partial charge in [0.15, 0.2) is 0 Å². The van der Waals surface area contributed by atoms with Crippen LogP contribution in [0, 0.1) is 0 Å². The second-order valence-corrected chi connectivity index (χ2v) is 5.30. The van der Waals surface area contributed by atoms with Crippen LogP contribution >= 0.6 is 0 Å². The topological polar surface area (TPSA) is 41.7 Å². The summed E-state index contributed by atoms with van der Waals surface area (Å²) in [5, 5.41) is 0. The molecule has 0 aliphatic heterocycles. The van der Waals surface area contributed by atoms with E-state index in [1.54, 1.807) is 7.11 Å². The van der Waals surface area contributed by atoms with Crippen LogP contribution in [0.15, 0.2) is 24.3 Å². The Morgan fingerprint density at radius 1 is 1.11 bits per heavy atom. The van der Waals surface area contributed by atoms with E-state index in [2.05, 4.69) is 30.9 Å². The highest BCUT2D eigenvalue weighted by molar-refractivity contribution is 5.29. The first-order chi connectivity index (χ1) is 9.02. The molecule has 0 bridgehead atoms. The fourth-order valence-electron chi connectivity index (χ4n) is 2.04. The molecule has 19 heavy (non-hydrogen) atoms. The maximum absolute atomic E-state index is 6.23. The first-order valence-electron chi connectivity index (χ1n) is 6.75. The van der Waals surface area contributed by atoms with Crippen LogP contribution in [0.5, 0.6) is 5.75 Å². The molecular formula is C15H27N3O.